The first kappa shape index (κ1) is 8.55. The Morgan fingerprint density at radius 2 is 2.21 bits per heavy atom. The summed E-state index contributed by atoms with van der Waals surface area (Å²) in [6.07, 6.45) is 1.17. The molecule has 14 heavy (non-hydrogen) atoms. The first-order valence-electron chi connectivity index (χ1n) is 3.83. The lowest BCUT2D eigenvalue weighted by Gasteiger charge is -1.98. The first-order chi connectivity index (χ1) is 6.68. The molecule has 70 valence electrons. The molecular weight excluding hydrogens is 187 g/mol. The van der Waals surface area contributed by atoms with Gasteiger partial charge in [0, 0.05) is 6.20 Å². The van der Waals surface area contributed by atoms with Crippen molar-refractivity contribution in [2.45, 2.75) is 0 Å². The lowest BCUT2D eigenvalue weighted by Crippen LogP contribution is -2.03. The van der Waals surface area contributed by atoms with Crippen molar-refractivity contribution in [2.75, 3.05) is 0 Å². The van der Waals surface area contributed by atoms with Crippen LogP contribution in [0.5, 0.6) is 0 Å². The molecule has 0 unspecified atom stereocenters. The molecule has 1 aromatic carbocycles. The van der Waals surface area contributed by atoms with Crippen LogP contribution >= 0.6 is 0 Å². The van der Waals surface area contributed by atoms with Gasteiger partial charge in [0.1, 0.15) is 5.82 Å². The van der Waals surface area contributed by atoms with Crippen molar-refractivity contribution < 1.29 is 14.3 Å². The number of carboxylic acid groups (broad SMARTS) is 1. The molecule has 2 aromatic rings. The van der Waals surface area contributed by atoms with Gasteiger partial charge in [0.25, 0.3) is 0 Å². The summed E-state index contributed by atoms with van der Waals surface area (Å²) in [6, 6.07) is 4.27. The second-order valence-corrected chi connectivity index (χ2v) is 2.67. The smallest absolute Gasteiger partial charge is 0.373 e. The van der Waals surface area contributed by atoms with Crippen molar-refractivity contribution in [3.63, 3.8) is 0 Å². The van der Waals surface area contributed by atoms with Crippen LogP contribution in [0.2, 0.25) is 0 Å². The zero-order valence-electron chi connectivity index (χ0n) is 6.94. The van der Waals surface area contributed by atoms with E-state index in [0.29, 0.717) is 0 Å². The van der Waals surface area contributed by atoms with Crippen molar-refractivity contribution >= 4 is 16.9 Å². The average molecular weight is 192 g/mol. The van der Waals surface area contributed by atoms with Crippen molar-refractivity contribution in [1.29, 1.82) is 0 Å². The number of halogens is 1. The number of carboxylic acids is 1. The minimum Gasteiger partial charge on any atom is -0.475 e. The molecule has 0 fully saturated rings. The molecule has 0 aliphatic rings. The molecule has 1 heterocycles. The van der Waals surface area contributed by atoms with Crippen LogP contribution < -0.4 is 0 Å². The summed E-state index contributed by atoms with van der Waals surface area (Å²) in [5.41, 5.74) is 0.289. The minimum absolute atomic E-state index is 0.220. The minimum atomic E-state index is -1.23. The van der Waals surface area contributed by atoms with E-state index in [4.69, 9.17) is 5.11 Å². The van der Waals surface area contributed by atoms with Crippen LogP contribution in [0, 0.1) is 5.82 Å². The van der Waals surface area contributed by atoms with Gasteiger partial charge in [0.15, 0.2) is 0 Å². The van der Waals surface area contributed by atoms with Gasteiger partial charge in [-0.1, -0.05) is 6.07 Å². The Kier molecular flexibility index (Phi) is 1.85. The standard InChI is InChI=1S/C9H5FN2O2/c10-6-2-1-3-7-5(6)4-11-8(12-7)9(13)14/h1-4H,(H,13,14). The fourth-order valence-electron chi connectivity index (χ4n) is 1.12. The summed E-state index contributed by atoms with van der Waals surface area (Å²) < 4.78 is 13.1. The van der Waals surface area contributed by atoms with E-state index in [1.807, 2.05) is 0 Å². The molecule has 0 spiro atoms. The third-order valence-electron chi connectivity index (χ3n) is 1.76. The molecule has 0 aliphatic carbocycles. The predicted molar refractivity (Wildman–Crippen MR) is 46.5 cm³/mol. The highest BCUT2D eigenvalue weighted by molar-refractivity contribution is 5.87. The highest BCUT2D eigenvalue weighted by atomic mass is 19.1. The van der Waals surface area contributed by atoms with Gasteiger partial charge in [-0.3, -0.25) is 0 Å². The fraction of sp³-hybridized carbons (Fsp3) is 0. The van der Waals surface area contributed by atoms with Crippen LogP contribution in [0.3, 0.4) is 0 Å². The van der Waals surface area contributed by atoms with Crippen molar-refractivity contribution in [2.24, 2.45) is 0 Å². The van der Waals surface area contributed by atoms with E-state index >= 15 is 0 Å². The average Bonchev–Trinajstić information content (AvgIpc) is 2.17. The number of hydrogen-bond acceptors (Lipinski definition) is 3. The third kappa shape index (κ3) is 1.28. The first-order valence-corrected chi connectivity index (χ1v) is 3.83. The second kappa shape index (κ2) is 3.02. The van der Waals surface area contributed by atoms with E-state index in [9.17, 15) is 9.18 Å². The lowest BCUT2D eigenvalue weighted by molar-refractivity contribution is 0.0684. The summed E-state index contributed by atoms with van der Waals surface area (Å²) in [6.45, 7) is 0. The monoisotopic (exact) mass is 192 g/mol. The van der Waals surface area contributed by atoms with Crippen LogP contribution in [0.1, 0.15) is 10.6 Å². The number of nitrogens with zero attached hydrogens (tertiary/aromatic N) is 2. The lowest BCUT2D eigenvalue weighted by atomic mass is 10.2. The van der Waals surface area contributed by atoms with Crippen LogP contribution in [0.15, 0.2) is 24.4 Å². The zero-order chi connectivity index (χ0) is 10.1. The Hall–Kier alpha value is -2.04. The normalized spacial score (nSPS) is 10.4. The maximum absolute atomic E-state index is 13.1. The molecule has 2 rings (SSSR count). The Bertz CT molecular complexity index is 513. The summed E-state index contributed by atoms with van der Waals surface area (Å²) >= 11 is 0. The van der Waals surface area contributed by atoms with Crippen LogP contribution in [0.25, 0.3) is 10.9 Å². The number of benzene rings is 1. The number of carbonyl (C=O) groups is 1. The fourth-order valence-corrected chi connectivity index (χ4v) is 1.12. The molecule has 0 radical (unpaired) electrons. The summed E-state index contributed by atoms with van der Waals surface area (Å²) in [7, 11) is 0. The molecule has 1 N–H and O–H groups in total. The van der Waals surface area contributed by atoms with Gasteiger partial charge in [0.2, 0.25) is 5.82 Å². The number of hydrogen-bond donors (Lipinski definition) is 1. The molecule has 0 atom stereocenters. The van der Waals surface area contributed by atoms with Crippen LogP contribution in [0.4, 0.5) is 4.39 Å². The van der Waals surface area contributed by atoms with Crippen LogP contribution in [-0.4, -0.2) is 21.0 Å². The van der Waals surface area contributed by atoms with Gasteiger partial charge in [0.05, 0.1) is 10.9 Å². The molecule has 0 amide bonds. The van der Waals surface area contributed by atoms with Crippen LogP contribution in [-0.2, 0) is 0 Å². The van der Waals surface area contributed by atoms with E-state index in [1.165, 1.54) is 24.4 Å². The molecule has 4 nitrogen and oxygen atoms in total. The molecule has 0 bridgehead atoms. The van der Waals surface area contributed by atoms with Crippen molar-refractivity contribution in [3.05, 3.63) is 36.0 Å². The number of aromatic carboxylic acids is 1. The quantitative estimate of drug-likeness (QED) is 0.743. The maximum Gasteiger partial charge on any atom is 0.373 e. The zero-order valence-corrected chi connectivity index (χ0v) is 6.94. The van der Waals surface area contributed by atoms with E-state index in [-0.39, 0.29) is 16.7 Å². The predicted octanol–water partition coefficient (Wildman–Crippen LogP) is 1.47. The molecule has 5 heteroatoms. The Labute approximate surface area is 78.0 Å². The van der Waals surface area contributed by atoms with E-state index in [1.54, 1.807) is 0 Å². The Morgan fingerprint density at radius 3 is 2.93 bits per heavy atom. The Balaban J connectivity index is 2.73. The highest BCUT2D eigenvalue weighted by Crippen LogP contribution is 2.14. The van der Waals surface area contributed by atoms with Gasteiger partial charge < -0.3 is 5.11 Å². The molecule has 0 saturated carbocycles. The Morgan fingerprint density at radius 1 is 1.43 bits per heavy atom. The molecule has 0 aliphatic heterocycles. The summed E-state index contributed by atoms with van der Waals surface area (Å²) in [5, 5.41) is 8.81. The summed E-state index contributed by atoms with van der Waals surface area (Å²) in [5.74, 6) is -2.02. The van der Waals surface area contributed by atoms with E-state index in [2.05, 4.69) is 9.97 Å². The van der Waals surface area contributed by atoms with Gasteiger partial charge in [-0.25, -0.2) is 19.2 Å². The highest BCUT2D eigenvalue weighted by Gasteiger charge is 2.08. The van der Waals surface area contributed by atoms with Gasteiger partial charge in [-0.05, 0) is 12.1 Å². The van der Waals surface area contributed by atoms with Crippen molar-refractivity contribution in [3.8, 4) is 0 Å². The van der Waals surface area contributed by atoms with E-state index in [0.717, 1.165) is 0 Å². The van der Waals surface area contributed by atoms with Gasteiger partial charge in [-0.2, -0.15) is 0 Å². The topological polar surface area (TPSA) is 63.1 Å². The number of rotatable bonds is 1. The molecule has 0 saturated heterocycles. The van der Waals surface area contributed by atoms with E-state index < -0.39 is 11.8 Å². The largest absolute Gasteiger partial charge is 0.475 e. The third-order valence-corrected chi connectivity index (χ3v) is 1.76. The van der Waals surface area contributed by atoms with Crippen molar-refractivity contribution in [1.82, 2.24) is 9.97 Å². The SMILES string of the molecule is O=C(O)c1ncc2c(F)cccc2n1. The second-order valence-electron chi connectivity index (χ2n) is 2.67. The van der Waals surface area contributed by atoms with Gasteiger partial charge >= 0.3 is 5.97 Å². The maximum atomic E-state index is 13.1. The number of fused-ring (bicyclic) bond motifs is 1. The molecular formula is C9H5FN2O2. The van der Waals surface area contributed by atoms with Gasteiger partial charge in [-0.15, -0.1) is 0 Å². The molecule has 1 aromatic heterocycles. The number of aromatic nitrogens is 2. The summed E-state index contributed by atoms with van der Waals surface area (Å²) in [4.78, 5) is 17.7.